The summed E-state index contributed by atoms with van der Waals surface area (Å²) in [6.07, 6.45) is 3.37. The summed E-state index contributed by atoms with van der Waals surface area (Å²) >= 11 is 0. The summed E-state index contributed by atoms with van der Waals surface area (Å²) in [7, 11) is -3.71. The van der Waals surface area contributed by atoms with Gasteiger partial charge in [0, 0.05) is 31.0 Å². The fraction of sp³-hybridized carbons (Fsp3) is 0.231. The molecule has 3 rings (SSSR count). The molecular weight excluding hydrogens is 292 g/mol. The second-order valence-corrected chi connectivity index (χ2v) is 6.73. The van der Waals surface area contributed by atoms with Crippen molar-refractivity contribution in [2.45, 2.75) is 11.7 Å². The molecule has 1 amide bonds. The molecule has 1 saturated heterocycles. The molecule has 2 aromatic rings. The minimum absolute atomic E-state index is 0.0785. The van der Waals surface area contributed by atoms with E-state index in [2.05, 4.69) is 5.10 Å². The van der Waals surface area contributed by atoms with Crippen LogP contribution in [0.2, 0.25) is 0 Å². The number of nitrogens with two attached hydrogens (primary N) is 1. The summed E-state index contributed by atoms with van der Waals surface area (Å²) in [6.45, 7) is 0.0836. The molecule has 0 saturated carbocycles. The first-order valence-corrected chi connectivity index (χ1v) is 7.98. The average molecular weight is 306 g/mol. The number of rotatable bonds is 3. The molecule has 8 heteroatoms. The molecule has 1 aromatic carbocycles. The van der Waals surface area contributed by atoms with Crippen LogP contribution in [0.25, 0.3) is 5.69 Å². The molecule has 1 aliphatic rings. The standard InChI is InChI=1S/C13H14N4O3S/c14-21(19,20)12-8-13(18)16(9-12)10-3-1-4-11(7-10)17-6-2-5-15-17/h1-7,12H,8-9H2,(H2,14,19,20). The molecule has 0 bridgehead atoms. The zero-order valence-electron chi connectivity index (χ0n) is 11.1. The van der Waals surface area contributed by atoms with E-state index in [0.29, 0.717) is 5.69 Å². The molecule has 110 valence electrons. The molecule has 1 unspecified atom stereocenters. The Bertz CT molecular complexity index is 770. The van der Waals surface area contributed by atoms with Gasteiger partial charge in [-0.05, 0) is 24.3 Å². The lowest BCUT2D eigenvalue weighted by atomic mass is 10.2. The first-order chi connectivity index (χ1) is 9.95. The van der Waals surface area contributed by atoms with Crippen LogP contribution in [0.5, 0.6) is 0 Å². The van der Waals surface area contributed by atoms with Crippen molar-refractivity contribution in [2.24, 2.45) is 5.14 Å². The summed E-state index contributed by atoms with van der Waals surface area (Å²) in [4.78, 5) is 13.5. The predicted molar refractivity (Wildman–Crippen MR) is 77.4 cm³/mol. The van der Waals surface area contributed by atoms with Crippen LogP contribution in [0, 0.1) is 0 Å². The molecule has 1 fully saturated rings. The zero-order chi connectivity index (χ0) is 15.0. The number of hydrogen-bond acceptors (Lipinski definition) is 4. The Balaban J connectivity index is 1.91. The highest BCUT2D eigenvalue weighted by molar-refractivity contribution is 7.89. The lowest BCUT2D eigenvalue weighted by molar-refractivity contribution is -0.117. The SMILES string of the molecule is NS(=O)(=O)C1CC(=O)N(c2cccc(-n3cccn3)c2)C1. The monoisotopic (exact) mass is 306 g/mol. The van der Waals surface area contributed by atoms with Gasteiger partial charge in [0.2, 0.25) is 15.9 Å². The molecule has 7 nitrogen and oxygen atoms in total. The van der Waals surface area contributed by atoms with E-state index in [1.165, 1.54) is 4.90 Å². The first kappa shape index (κ1) is 13.8. The first-order valence-electron chi connectivity index (χ1n) is 6.37. The molecule has 0 spiro atoms. The van der Waals surface area contributed by atoms with Crippen LogP contribution >= 0.6 is 0 Å². The minimum Gasteiger partial charge on any atom is -0.311 e. The Kier molecular flexibility index (Phi) is 3.26. The molecule has 2 N–H and O–H groups in total. The second kappa shape index (κ2) is 4.97. The number of hydrogen-bond donors (Lipinski definition) is 1. The van der Waals surface area contributed by atoms with Gasteiger partial charge >= 0.3 is 0 Å². The molecule has 0 aliphatic carbocycles. The number of carbonyl (C=O) groups excluding carboxylic acids is 1. The van der Waals surface area contributed by atoms with Gasteiger partial charge in [-0.25, -0.2) is 18.2 Å². The molecule has 0 radical (unpaired) electrons. The quantitative estimate of drug-likeness (QED) is 0.879. The van der Waals surface area contributed by atoms with Gasteiger partial charge in [-0.2, -0.15) is 5.10 Å². The molecular formula is C13H14N4O3S. The number of anilines is 1. The van der Waals surface area contributed by atoms with Crippen molar-refractivity contribution in [3.05, 3.63) is 42.7 Å². The summed E-state index contributed by atoms with van der Waals surface area (Å²) in [5, 5.41) is 8.41. The van der Waals surface area contributed by atoms with Crippen molar-refractivity contribution in [3.8, 4) is 5.69 Å². The Hall–Kier alpha value is -2.19. The highest BCUT2D eigenvalue weighted by Gasteiger charge is 2.37. The molecule has 1 aromatic heterocycles. The van der Waals surface area contributed by atoms with E-state index in [1.807, 2.05) is 6.07 Å². The van der Waals surface area contributed by atoms with Crippen molar-refractivity contribution in [1.82, 2.24) is 9.78 Å². The number of sulfonamides is 1. The van der Waals surface area contributed by atoms with Gasteiger partial charge < -0.3 is 4.90 Å². The summed E-state index contributed by atoms with van der Waals surface area (Å²) < 4.78 is 24.5. The number of aromatic nitrogens is 2. The fourth-order valence-corrected chi connectivity index (χ4v) is 3.10. The maximum Gasteiger partial charge on any atom is 0.228 e. The Morgan fingerprint density at radius 2 is 2.00 bits per heavy atom. The van der Waals surface area contributed by atoms with Crippen molar-refractivity contribution in [1.29, 1.82) is 0 Å². The van der Waals surface area contributed by atoms with E-state index in [1.54, 1.807) is 41.3 Å². The van der Waals surface area contributed by atoms with Crippen LogP contribution < -0.4 is 10.0 Å². The number of carbonyl (C=O) groups is 1. The number of amides is 1. The van der Waals surface area contributed by atoms with Gasteiger partial charge in [0.05, 0.1) is 5.69 Å². The fourth-order valence-electron chi connectivity index (χ4n) is 2.37. The van der Waals surface area contributed by atoms with Gasteiger partial charge in [0.25, 0.3) is 0 Å². The van der Waals surface area contributed by atoms with Crippen LogP contribution in [0.1, 0.15) is 6.42 Å². The molecule has 21 heavy (non-hydrogen) atoms. The normalized spacial score (nSPS) is 19.2. The number of nitrogens with zero attached hydrogens (tertiary/aromatic N) is 3. The van der Waals surface area contributed by atoms with Crippen molar-refractivity contribution in [2.75, 3.05) is 11.4 Å². The smallest absolute Gasteiger partial charge is 0.228 e. The summed E-state index contributed by atoms with van der Waals surface area (Å²) in [5.74, 6) is -0.244. The van der Waals surface area contributed by atoms with E-state index < -0.39 is 15.3 Å². The third-order valence-electron chi connectivity index (χ3n) is 3.46. The lowest BCUT2D eigenvalue weighted by Gasteiger charge is -2.17. The topological polar surface area (TPSA) is 98.3 Å². The number of benzene rings is 1. The van der Waals surface area contributed by atoms with Gasteiger partial charge in [-0.1, -0.05) is 6.07 Å². The molecule has 1 aliphatic heterocycles. The maximum absolute atomic E-state index is 12.0. The van der Waals surface area contributed by atoms with Gasteiger partial charge in [-0.3, -0.25) is 4.79 Å². The highest BCUT2D eigenvalue weighted by atomic mass is 32.2. The van der Waals surface area contributed by atoms with Crippen LogP contribution in [0.15, 0.2) is 42.7 Å². The van der Waals surface area contributed by atoms with Crippen LogP contribution in [-0.4, -0.2) is 35.9 Å². The predicted octanol–water partition coefficient (Wildman–Crippen LogP) is 0.266. The molecule has 2 heterocycles. The van der Waals surface area contributed by atoms with E-state index in [0.717, 1.165) is 5.69 Å². The van der Waals surface area contributed by atoms with E-state index in [9.17, 15) is 13.2 Å². The zero-order valence-corrected chi connectivity index (χ0v) is 11.9. The Labute approximate surface area is 122 Å². The van der Waals surface area contributed by atoms with Crippen molar-refractivity contribution < 1.29 is 13.2 Å². The van der Waals surface area contributed by atoms with Gasteiger partial charge in [-0.15, -0.1) is 0 Å². The Morgan fingerprint density at radius 1 is 1.24 bits per heavy atom. The van der Waals surface area contributed by atoms with Crippen molar-refractivity contribution >= 4 is 21.6 Å². The highest BCUT2D eigenvalue weighted by Crippen LogP contribution is 2.25. The number of primary sulfonamides is 1. The Morgan fingerprint density at radius 3 is 2.62 bits per heavy atom. The van der Waals surface area contributed by atoms with E-state index >= 15 is 0 Å². The van der Waals surface area contributed by atoms with Crippen LogP contribution in [0.3, 0.4) is 0 Å². The van der Waals surface area contributed by atoms with E-state index in [4.69, 9.17) is 5.14 Å². The molecule has 1 atom stereocenters. The average Bonchev–Trinajstić information content (AvgIpc) is 3.07. The maximum atomic E-state index is 12.0. The third kappa shape index (κ3) is 2.67. The minimum atomic E-state index is -3.71. The van der Waals surface area contributed by atoms with Gasteiger partial charge in [0.1, 0.15) is 5.25 Å². The summed E-state index contributed by atoms with van der Waals surface area (Å²) in [6, 6.07) is 9.00. The van der Waals surface area contributed by atoms with E-state index in [-0.39, 0.29) is 18.9 Å². The largest absolute Gasteiger partial charge is 0.311 e. The summed E-state index contributed by atoms with van der Waals surface area (Å²) in [5.41, 5.74) is 1.43. The van der Waals surface area contributed by atoms with Crippen molar-refractivity contribution in [3.63, 3.8) is 0 Å². The van der Waals surface area contributed by atoms with Gasteiger partial charge in [0.15, 0.2) is 0 Å². The second-order valence-electron chi connectivity index (χ2n) is 4.89. The van der Waals surface area contributed by atoms with Crippen LogP contribution in [0.4, 0.5) is 5.69 Å². The van der Waals surface area contributed by atoms with Crippen LogP contribution in [-0.2, 0) is 14.8 Å². The third-order valence-corrected chi connectivity index (χ3v) is 4.71. The lowest BCUT2D eigenvalue weighted by Crippen LogP contribution is -2.32.